The average molecular weight is 399 g/mol. The Bertz CT molecular complexity index is 600. The minimum Gasteiger partial charge on any atom is -0.389 e. The minimum absolute atomic E-state index is 0. The number of rotatable bonds is 4. The van der Waals surface area contributed by atoms with E-state index in [1.165, 1.54) is 12.0 Å². The van der Waals surface area contributed by atoms with E-state index in [1.807, 2.05) is 6.92 Å². The van der Waals surface area contributed by atoms with E-state index in [-0.39, 0.29) is 30.7 Å². The molecule has 1 atom stereocenters. The summed E-state index contributed by atoms with van der Waals surface area (Å²) in [6, 6.07) is 8.52. The highest BCUT2D eigenvalue weighted by atomic mass is 35.5. The van der Waals surface area contributed by atoms with E-state index in [0.717, 1.165) is 64.0 Å². The predicted octanol–water partition coefficient (Wildman–Crippen LogP) is 3.59. The molecule has 0 aromatic heterocycles. The molecule has 1 unspecified atom stereocenters. The van der Waals surface area contributed by atoms with Crippen LogP contribution in [0.1, 0.15) is 56.1 Å². The number of nitrogens with zero attached hydrogens (tertiary/aromatic N) is 1. The van der Waals surface area contributed by atoms with Crippen molar-refractivity contribution in [1.29, 1.82) is 0 Å². The van der Waals surface area contributed by atoms with Gasteiger partial charge in [0.1, 0.15) is 0 Å². The molecule has 1 saturated carbocycles. The summed E-state index contributed by atoms with van der Waals surface area (Å²) in [6.07, 6.45) is 5.39. The van der Waals surface area contributed by atoms with Gasteiger partial charge in [-0.25, -0.2) is 0 Å². The summed E-state index contributed by atoms with van der Waals surface area (Å²) >= 11 is 0. The highest BCUT2D eigenvalue weighted by Gasteiger charge is 2.39. The van der Waals surface area contributed by atoms with E-state index >= 15 is 0 Å². The topological polar surface area (TPSA) is 35.5 Å². The fourth-order valence-electron chi connectivity index (χ4n) is 4.23. The summed E-state index contributed by atoms with van der Waals surface area (Å²) in [6.45, 7) is 7.06. The zero-order valence-corrected chi connectivity index (χ0v) is 17.3. The number of benzene rings is 1. The normalized spacial score (nSPS) is 20.7. The number of aliphatic hydroxyl groups is 1. The third-order valence-corrected chi connectivity index (χ3v) is 5.58. The van der Waals surface area contributed by atoms with Gasteiger partial charge in [0, 0.05) is 44.2 Å². The molecule has 0 amide bonds. The Labute approximate surface area is 170 Å². The van der Waals surface area contributed by atoms with Crippen molar-refractivity contribution in [3.63, 3.8) is 0 Å². The fourth-order valence-corrected chi connectivity index (χ4v) is 4.23. The van der Waals surface area contributed by atoms with Gasteiger partial charge in [0.25, 0.3) is 0 Å². The molecule has 0 bridgehead atoms. The van der Waals surface area contributed by atoms with Crippen molar-refractivity contribution < 1.29 is 5.11 Å². The van der Waals surface area contributed by atoms with Crippen molar-refractivity contribution in [2.24, 2.45) is 0 Å². The molecule has 0 spiro atoms. The van der Waals surface area contributed by atoms with Gasteiger partial charge in [-0.05, 0) is 37.5 Å². The molecule has 1 aromatic rings. The van der Waals surface area contributed by atoms with Crippen LogP contribution >= 0.6 is 24.8 Å². The molecule has 2 fully saturated rings. The first-order valence-corrected chi connectivity index (χ1v) is 9.39. The zero-order chi connectivity index (χ0) is 16.8. The Kier molecular flexibility index (Phi) is 10.00. The van der Waals surface area contributed by atoms with E-state index in [0.29, 0.717) is 0 Å². The minimum atomic E-state index is -0.568. The predicted molar refractivity (Wildman–Crippen MR) is 114 cm³/mol. The Morgan fingerprint density at radius 3 is 2.50 bits per heavy atom. The highest BCUT2D eigenvalue weighted by Crippen LogP contribution is 2.40. The standard InChI is InChI=1S/C21H30N2O.2ClH/c1-2-7-18-8-6-9-19(16-18)20(17-23-14-12-22-13-15-23)21(24)10-4-3-5-11-21;;/h6,8-9,16,20,22,24H,3-5,10-15,17H2,1H3;2*1H. The van der Waals surface area contributed by atoms with Crippen LogP contribution in [0.15, 0.2) is 24.3 Å². The lowest BCUT2D eigenvalue weighted by Gasteiger charge is -2.42. The van der Waals surface area contributed by atoms with E-state index in [1.54, 1.807) is 0 Å². The third-order valence-electron chi connectivity index (χ3n) is 5.58. The maximum absolute atomic E-state index is 11.5. The smallest absolute Gasteiger partial charge is 0.0728 e. The van der Waals surface area contributed by atoms with Gasteiger partial charge >= 0.3 is 0 Å². The summed E-state index contributed by atoms with van der Waals surface area (Å²) < 4.78 is 0. The summed E-state index contributed by atoms with van der Waals surface area (Å²) in [4.78, 5) is 2.51. The van der Waals surface area contributed by atoms with Gasteiger partial charge in [0.05, 0.1) is 5.60 Å². The van der Waals surface area contributed by atoms with Crippen molar-refractivity contribution >= 4 is 24.8 Å². The number of nitrogens with one attached hydrogen (secondary N) is 1. The van der Waals surface area contributed by atoms with Gasteiger partial charge in [-0.3, -0.25) is 0 Å². The van der Waals surface area contributed by atoms with Crippen molar-refractivity contribution in [3.8, 4) is 11.8 Å². The van der Waals surface area contributed by atoms with Gasteiger partial charge in [-0.2, -0.15) is 0 Å². The zero-order valence-electron chi connectivity index (χ0n) is 15.7. The van der Waals surface area contributed by atoms with E-state index < -0.39 is 5.60 Å². The van der Waals surface area contributed by atoms with Gasteiger partial charge in [0.15, 0.2) is 0 Å². The molecular formula is C21H32Cl2N2O. The molecule has 2 N–H and O–H groups in total. The molecule has 0 radical (unpaired) electrons. The summed E-state index contributed by atoms with van der Waals surface area (Å²) in [7, 11) is 0. The monoisotopic (exact) mass is 398 g/mol. The number of piperazine rings is 1. The Morgan fingerprint density at radius 2 is 1.85 bits per heavy atom. The molecule has 3 rings (SSSR count). The Balaban J connectivity index is 0.00000169. The Hall–Kier alpha value is -0.760. The number of halogens is 2. The lowest BCUT2D eigenvalue weighted by molar-refractivity contribution is -0.0316. The van der Waals surface area contributed by atoms with Gasteiger partial charge in [0.2, 0.25) is 0 Å². The quantitative estimate of drug-likeness (QED) is 0.760. The van der Waals surface area contributed by atoms with Crippen LogP contribution in [0.3, 0.4) is 0 Å². The van der Waals surface area contributed by atoms with E-state index in [2.05, 4.69) is 46.3 Å². The summed E-state index contributed by atoms with van der Waals surface area (Å²) in [5, 5.41) is 14.9. The van der Waals surface area contributed by atoms with E-state index in [4.69, 9.17) is 0 Å². The van der Waals surface area contributed by atoms with Crippen molar-refractivity contribution in [1.82, 2.24) is 10.2 Å². The van der Waals surface area contributed by atoms with Crippen LogP contribution in [0.2, 0.25) is 0 Å². The first-order valence-electron chi connectivity index (χ1n) is 9.39. The molecule has 2 aliphatic rings. The molecule has 1 saturated heterocycles. The fraction of sp³-hybridized carbons (Fsp3) is 0.619. The van der Waals surface area contributed by atoms with Crippen LogP contribution in [-0.2, 0) is 0 Å². The molecule has 5 heteroatoms. The lowest BCUT2D eigenvalue weighted by atomic mass is 9.72. The van der Waals surface area contributed by atoms with Crippen LogP contribution in [0.25, 0.3) is 0 Å². The second kappa shape index (κ2) is 11.2. The SMILES string of the molecule is CC#Cc1cccc(C(CN2CCNCC2)C2(O)CCCCC2)c1.Cl.Cl. The molecule has 1 aromatic carbocycles. The van der Waals surface area contributed by atoms with Crippen molar-refractivity contribution in [3.05, 3.63) is 35.4 Å². The van der Waals surface area contributed by atoms with Gasteiger partial charge in [-0.15, -0.1) is 30.7 Å². The van der Waals surface area contributed by atoms with Gasteiger partial charge < -0.3 is 15.3 Å². The molecular weight excluding hydrogens is 367 g/mol. The Morgan fingerprint density at radius 1 is 1.15 bits per heavy atom. The van der Waals surface area contributed by atoms with Gasteiger partial charge in [-0.1, -0.05) is 37.3 Å². The van der Waals surface area contributed by atoms with Crippen LogP contribution in [-0.4, -0.2) is 48.3 Å². The maximum atomic E-state index is 11.5. The van der Waals surface area contributed by atoms with Crippen molar-refractivity contribution in [2.45, 2.75) is 50.5 Å². The number of hydrogen-bond acceptors (Lipinski definition) is 3. The van der Waals surface area contributed by atoms with Crippen LogP contribution in [0, 0.1) is 11.8 Å². The maximum Gasteiger partial charge on any atom is 0.0728 e. The second-order valence-electron chi connectivity index (χ2n) is 7.27. The average Bonchev–Trinajstić information content (AvgIpc) is 2.62. The highest BCUT2D eigenvalue weighted by molar-refractivity contribution is 5.85. The molecule has 3 nitrogen and oxygen atoms in total. The van der Waals surface area contributed by atoms with Crippen LogP contribution < -0.4 is 5.32 Å². The molecule has 146 valence electrons. The molecule has 1 aliphatic carbocycles. The molecule has 1 aliphatic heterocycles. The number of hydrogen-bond donors (Lipinski definition) is 2. The van der Waals surface area contributed by atoms with Crippen molar-refractivity contribution in [2.75, 3.05) is 32.7 Å². The molecule has 26 heavy (non-hydrogen) atoms. The first kappa shape index (κ1) is 23.3. The summed E-state index contributed by atoms with van der Waals surface area (Å²) in [5.74, 6) is 6.33. The lowest BCUT2D eigenvalue weighted by Crippen LogP contribution is -2.49. The first-order chi connectivity index (χ1) is 11.7. The largest absolute Gasteiger partial charge is 0.389 e. The van der Waals surface area contributed by atoms with Crippen LogP contribution in [0.4, 0.5) is 0 Å². The molecule has 1 heterocycles. The van der Waals surface area contributed by atoms with Crippen LogP contribution in [0.5, 0.6) is 0 Å². The summed E-state index contributed by atoms with van der Waals surface area (Å²) in [5.41, 5.74) is 1.74. The second-order valence-corrected chi connectivity index (χ2v) is 7.27. The van der Waals surface area contributed by atoms with E-state index in [9.17, 15) is 5.11 Å². The third kappa shape index (κ3) is 5.87.